The van der Waals surface area contributed by atoms with Gasteiger partial charge in [-0.3, -0.25) is 0 Å². The van der Waals surface area contributed by atoms with Crippen LogP contribution in [0, 0.1) is 11.3 Å². The summed E-state index contributed by atoms with van der Waals surface area (Å²) in [6, 6.07) is 4.16. The molecule has 0 spiro atoms. The van der Waals surface area contributed by atoms with Crippen LogP contribution in [-0.4, -0.2) is 10.1 Å². The zero-order chi connectivity index (χ0) is 9.84. The molecule has 0 bridgehead atoms. The molecule has 0 saturated heterocycles. The first-order valence-corrected chi connectivity index (χ1v) is 3.48. The summed E-state index contributed by atoms with van der Waals surface area (Å²) in [6.07, 6.45) is -2.79. The van der Waals surface area contributed by atoms with Gasteiger partial charge in [-0.2, -0.15) is 5.26 Å². The van der Waals surface area contributed by atoms with Crippen LogP contribution < -0.4 is 0 Å². The third-order valence-electron chi connectivity index (χ3n) is 1.47. The Bertz CT molecular complexity index is 346. The van der Waals surface area contributed by atoms with Gasteiger partial charge in [0.25, 0.3) is 6.43 Å². The Labute approximate surface area is 73.3 Å². The molecule has 0 amide bonds. The molecule has 0 atom stereocenters. The summed E-state index contributed by atoms with van der Waals surface area (Å²) in [5.41, 5.74) is -0.601. The summed E-state index contributed by atoms with van der Waals surface area (Å²) in [5, 5.41) is 17.1. The fourth-order valence-electron chi connectivity index (χ4n) is 0.866. The van der Waals surface area contributed by atoms with Gasteiger partial charge in [-0.05, 0) is 12.1 Å². The van der Waals surface area contributed by atoms with E-state index in [0.29, 0.717) is 0 Å². The number of aromatic nitrogens is 1. The molecule has 1 heterocycles. The van der Waals surface area contributed by atoms with E-state index in [2.05, 4.69) is 4.98 Å². The molecule has 0 unspecified atom stereocenters. The molecule has 0 radical (unpaired) electrons. The van der Waals surface area contributed by atoms with Gasteiger partial charge in [0.05, 0.1) is 17.9 Å². The van der Waals surface area contributed by atoms with E-state index in [-0.39, 0.29) is 11.3 Å². The number of aliphatic hydroxyl groups excluding tert-OH is 1. The van der Waals surface area contributed by atoms with E-state index >= 15 is 0 Å². The summed E-state index contributed by atoms with van der Waals surface area (Å²) in [4.78, 5) is 3.44. The largest absolute Gasteiger partial charge is 0.390 e. The molecule has 0 aromatic carbocycles. The SMILES string of the molecule is N#Cc1ccc(CO)nc1C(F)F. The molecule has 0 saturated carbocycles. The van der Waals surface area contributed by atoms with Crippen LogP contribution in [0.15, 0.2) is 12.1 Å². The lowest BCUT2D eigenvalue weighted by molar-refractivity contribution is 0.144. The Morgan fingerprint density at radius 1 is 1.54 bits per heavy atom. The van der Waals surface area contributed by atoms with E-state index in [9.17, 15) is 8.78 Å². The molecule has 0 aliphatic heterocycles. The molecule has 13 heavy (non-hydrogen) atoms. The summed E-state index contributed by atoms with van der Waals surface area (Å²) >= 11 is 0. The Hall–Kier alpha value is -1.54. The van der Waals surface area contributed by atoms with Crippen molar-refractivity contribution in [1.29, 1.82) is 5.26 Å². The first-order chi connectivity index (χ1) is 6.19. The van der Waals surface area contributed by atoms with E-state index in [4.69, 9.17) is 10.4 Å². The maximum atomic E-state index is 12.2. The Morgan fingerprint density at radius 2 is 2.23 bits per heavy atom. The highest BCUT2D eigenvalue weighted by Gasteiger charge is 2.14. The molecule has 3 nitrogen and oxygen atoms in total. The minimum atomic E-state index is -2.79. The molecular weight excluding hydrogens is 178 g/mol. The third-order valence-corrected chi connectivity index (χ3v) is 1.47. The molecule has 1 aromatic rings. The minimum Gasteiger partial charge on any atom is -0.390 e. The highest BCUT2D eigenvalue weighted by molar-refractivity contribution is 5.34. The van der Waals surface area contributed by atoms with Gasteiger partial charge in [-0.15, -0.1) is 0 Å². The average Bonchev–Trinajstić information content (AvgIpc) is 2.16. The van der Waals surface area contributed by atoms with Crippen molar-refractivity contribution in [1.82, 2.24) is 4.98 Å². The van der Waals surface area contributed by atoms with Crippen LogP contribution >= 0.6 is 0 Å². The Kier molecular flexibility index (Phi) is 2.88. The molecule has 0 fully saturated rings. The van der Waals surface area contributed by atoms with Crippen molar-refractivity contribution in [3.05, 3.63) is 29.1 Å². The third kappa shape index (κ3) is 1.98. The second kappa shape index (κ2) is 3.92. The first kappa shape index (κ1) is 9.55. The molecule has 5 heteroatoms. The van der Waals surface area contributed by atoms with Gasteiger partial charge in [0.2, 0.25) is 0 Å². The summed E-state index contributed by atoms with van der Waals surface area (Å²) in [5.74, 6) is 0. The number of rotatable bonds is 2. The highest BCUT2D eigenvalue weighted by atomic mass is 19.3. The Morgan fingerprint density at radius 3 is 2.69 bits per heavy atom. The van der Waals surface area contributed by atoms with E-state index in [0.717, 1.165) is 0 Å². The molecule has 0 aliphatic carbocycles. The number of hydrogen-bond donors (Lipinski definition) is 1. The maximum absolute atomic E-state index is 12.2. The molecule has 0 aliphatic rings. The number of pyridine rings is 1. The molecule has 1 aromatic heterocycles. The zero-order valence-corrected chi connectivity index (χ0v) is 6.54. The number of halogens is 2. The quantitative estimate of drug-likeness (QED) is 0.755. The molecular formula is C8H6F2N2O. The van der Waals surface area contributed by atoms with Gasteiger partial charge in [-0.1, -0.05) is 0 Å². The fraction of sp³-hybridized carbons (Fsp3) is 0.250. The van der Waals surface area contributed by atoms with Crippen LogP contribution in [0.5, 0.6) is 0 Å². The van der Waals surface area contributed by atoms with Gasteiger partial charge in [-0.25, -0.2) is 13.8 Å². The Balaban J connectivity index is 3.20. The van der Waals surface area contributed by atoms with Crippen molar-refractivity contribution in [2.45, 2.75) is 13.0 Å². The van der Waals surface area contributed by atoms with Gasteiger partial charge in [0.15, 0.2) is 0 Å². The standard InChI is InChI=1S/C8H6F2N2O/c9-8(10)7-5(3-11)1-2-6(4-13)12-7/h1-2,8,13H,4H2. The van der Waals surface area contributed by atoms with Gasteiger partial charge < -0.3 is 5.11 Å². The summed E-state index contributed by atoms with van der Waals surface area (Å²) < 4.78 is 24.5. The van der Waals surface area contributed by atoms with Crippen molar-refractivity contribution in [3.63, 3.8) is 0 Å². The lowest BCUT2D eigenvalue weighted by Crippen LogP contribution is -1.99. The summed E-state index contributed by atoms with van der Waals surface area (Å²) in [6.45, 7) is -0.411. The van der Waals surface area contributed by atoms with Crippen LogP contribution in [0.1, 0.15) is 23.4 Å². The molecule has 1 rings (SSSR count). The van der Waals surface area contributed by atoms with Gasteiger partial charge >= 0.3 is 0 Å². The first-order valence-electron chi connectivity index (χ1n) is 3.48. The lowest BCUT2D eigenvalue weighted by atomic mass is 10.2. The molecule has 1 N–H and O–H groups in total. The van der Waals surface area contributed by atoms with Crippen molar-refractivity contribution in [2.75, 3.05) is 0 Å². The zero-order valence-electron chi connectivity index (χ0n) is 6.54. The predicted molar refractivity (Wildman–Crippen MR) is 39.8 cm³/mol. The molecule has 68 valence electrons. The van der Waals surface area contributed by atoms with Crippen molar-refractivity contribution in [3.8, 4) is 6.07 Å². The number of alkyl halides is 2. The van der Waals surface area contributed by atoms with Gasteiger partial charge in [0, 0.05) is 0 Å². The predicted octanol–water partition coefficient (Wildman–Crippen LogP) is 1.38. The van der Waals surface area contributed by atoms with Crippen LogP contribution in [0.25, 0.3) is 0 Å². The highest BCUT2D eigenvalue weighted by Crippen LogP contribution is 2.20. The number of hydrogen-bond acceptors (Lipinski definition) is 3. The smallest absolute Gasteiger partial charge is 0.281 e. The number of aliphatic hydroxyl groups is 1. The van der Waals surface area contributed by atoms with Crippen molar-refractivity contribution in [2.24, 2.45) is 0 Å². The minimum absolute atomic E-state index is 0.134. The van der Waals surface area contributed by atoms with Crippen LogP contribution in [0.4, 0.5) is 8.78 Å². The number of nitriles is 1. The van der Waals surface area contributed by atoms with Crippen LogP contribution in [0.2, 0.25) is 0 Å². The van der Waals surface area contributed by atoms with E-state index in [1.807, 2.05) is 0 Å². The van der Waals surface area contributed by atoms with Crippen molar-refractivity contribution < 1.29 is 13.9 Å². The van der Waals surface area contributed by atoms with Crippen LogP contribution in [-0.2, 0) is 6.61 Å². The lowest BCUT2D eigenvalue weighted by Gasteiger charge is -2.02. The summed E-state index contributed by atoms with van der Waals surface area (Å²) in [7, 11) is 0. The number of nitrogens with zero attached hydrogens (tertiary/aromatic N) is 2. The van der Waals surface area contributed by atoms with E-state index in [1.54, 1.807) is 6.07 Å². The van der Waals surface area contributed by atoms with Crippen LogP contribution in [0.3, 0.4) is 0 Å². The topological polar surface area (TPSA) is 56.9 Å². The van der Waals surface area contributed by atoms with Gasteiger partial charge in [0.1, 0.15) is 11.8 Å². The van der Waals surface area contributed by atoms with E-state index in [1.165, 1.54) is 12.1 Å². The van der Waals surface area contributed by atoms with E-state index < -0.39 is 18.7 Å². The normalized spacial score (nSPS) is 10.1. The average molecular weight is 184 g/mol. The maximum Gasteiger partial charge on any atom is 0.281 e. The second-order valence-electron chi connectivity index (χ2n) is 2.31. The monoisotopic (exact) mass is 184 g/mol. The van der Waals surface area contributed by atoms with Crippen molar-refractivity contribution >= 4 is 0 Å². The second-order valence-corrected chi connectivity index (χ2v) is 2.31. The fourth-order valence-corrected chi connectivity index (χ4v) is 0.866.